The molecule has 1 atom stereocenters. The minimum Gasteiger partial charge on any atom is -0.353 e. The fourth-order valence-corrected chi connectivity index (χ4v) is 3.77. The van der Waals surface area contributed by atoms with Gasteiger partial charge in [-0.05, 0) is 49.4 Å². The lowest BCUT2D eigenvalue weighted by Crippen LogP contribution is -2.43. The molecule has 2 rings (SSSR count). The summed E-state index contributed by atoms with van der Waals surface area (Å²) in [5.41, 5.74) is 2.33. The summed E-state index contributed by atoms with van der Waals surface area (Å²) in [7, 11) is 1.77. The van der Waals surface area contributed by atoms with E-state index in [2.05, 4.69) is 48.7 Å². The fourth-order valence-electron chi connectivity index (χ4n) is 2.97. The molecule has 2 aromatic rings. The Balaban J connectivity index is 2.05. The third-order valence-electron chi connectivity index (χ3n) is 4.35. The highest BCUT2D eigenvalue weighted by Gasteiger charge is 2.19. The van der Waals surface area contributed by atoms with Crippen LogP contribution in [-0.4, -0.2) is 42.9 Å². The quantitative estimate of drug-likeness (QED) is 0.676. The molecule has 5 nitrogen and oxygen atoms in total. The Hall–Kier alpha value is -2.18. The van der Waals surface area contributed by atoms with Crippen LogP contribution in [0.1, 0.15) is 55.7 Å². The second-order valence-corrected chi connectivity index (χ2v) is 8.71. The van der Waals surface area contributed by atoms with Crippen molar-refractivity contribution in [3.63, 3.8) is 0 Å². The van der Waals surface area contributed by atoms with E-state index in [9.17, 15) is 9.59 Å². The van der Waals surface area contributed by atoms with Crippen molar-refractivity contribution in [3.8, 4) is 0 Å². The minimum atomic E-state index is -0.188. The predicted molar refractivity (Wildman–Crippen MR) is 116 cm³/mol. The van der Waals surface area contributed by atoms with Crippen LogP contribution in [0.3, 0.4) is 0 Å². The number of likely N-dealkylation sites (N-methyl/N-ethyl adjacent to an activating group) is 1. The number of benzene rings is 1. The molecular formula is C22H31N3O2S. The van der Waals surface area contributed by atoms with E-state index in [1.54, 1.807) is 23.3 Å². The maximum atomic E-state index is 12.6. The lowest BCUT2D eigenvalue weighted by molar-refractivity contribution is -0.125. The molecule has 0 aliphatic carbocycles. The van der Waals surface area contributed by atoms with Crippen LogP contribution in [0.25, 0.3) is 0 Å². The van der Waals surface area contributed by atoms with Crippen molar-refractivity contribution < 1.29 is 9.59 Å². The summed E-state index contributed by atoms with van der Waals surface area (Å²) in [4.78, 5) is 27.3. The molecule has 0 bridgehead atoms. The van der Waals surface area contributed by atoms with Gasteiger partial charge in [0.25, 0.3) is 0 Å². The highest BCUT2D eigenvalue weighted by Crippen LogP contribution is 2.27. The van der Waals surface area contributed by atoms with E-state index in [0.29, 0.717) is 5.92 Å². The van der Waals surface area contributed by atoms with Crippen molar-refractivity contribution in [2.24, 2.45) is 0 Å². The number of hydrogen-bond donors (Lipinski definition) is 2. The Bertz CT molecular complexity index is 755. The minimum absolute atomic E-state index is 0.0793. The summed E-state index contributed by atoms with van der Waals surface area (Å²) < 4.78 is 0. The summed E-state index contributed by atoms with van der Waals surface area (Å²) >= 11 is 1.62. The average molecular weight is 402 g/mol. The molecule has 0 saturated heterocycles. The first-order chi connectivity index (χ1) is 13.3. The van der Waals surface area contributed by atoms with Gasteiger partial charge in [0.15, 0.2) is 0 Å². The van der Waals surface area contributed by atoms with Gasteiger partial charge in [-0.3, -0.25) is 14.5 Å². The van der Waals surface area contributed by atoms with E-state index in [0.717, 1.165) is 10.4 Å². The average Bonchev–Trinajstić information content (AvgIpc) is 3.13. The number of thiophene rings is 1. The Labute approximate surface area is 172 Å². The first-order valence-corrected chi connectivity index (χ1v) is 10.5. The van der Waals surface area contributed by atoms with Crippen molar-refractivity contribution in [2.75, 3.05) is 20.1 Å². The van der Waals surface area contributed by atoms with E-state index in [1.807, 2.05) is 31.4 Å². The Morgan fingerprint density at radius 3 is 2.00 bits per heavy atom. The largest absolute Gasteiger partial charge is 0.353 e. The molecule has 2 amide bonds. The topological polar surface area (TPSA) is 61.4 Å². The second-order valence-electron chi connectivity index (χ2n) is 7.73. The smallest absolute Gasteiger partial charge is 0.234 e. The molecule has 1 aromatic heterocycles. The highest BCUT2D eigenvalue weighted by atomic mass is 32.1. The first kappa shape index (κ1) is 22.1. The van der Waals surface area contributed by atoms with Crippen molar-refractivity contribution in [1.82, 2.24) is 15.5 Å². The molecule has 0 spiro atoms. The predicted octanol–water partition coefficient (Wildman–Crippen LogP) is 3.53. The standard InChI is InChI=1S/C22H31N3O2S/c1-15(2)17-8-10-18(11-9-17)22(19-7-6-12-28-19)24-21(27)14-25(5)13-20(26)23-16(3)4/h6-12,15-16,22H,13-14H2,1-5H3,(H,23,26)(H,24,27)/t22-/m1/s1. The molecule has 0 unspecified atom stereocenters. The van der Waals surface area contributed by atoms with Gasteiger partial charge in [-0.15, -0.1) is 11.3 Å². The molecule has 28 heavy (non-hydrogen) atoms. The van der Waals surface area contributed by atoms with E-state index >= 15 is 0 Å². The van der Waals surface area contributed by atoms with Crippen molar-refractivity contribution in [3.05, 3.63) is 57.8 Å². The number of carbonyl (C=O) groups excluding carboxylic acids is 2. The highest BCUT2D eigenvalue weighted by molar-refractivity contribution is 7.10. The zero-order chi connectivity index (χ0) is 20.7. The van der Waals surface area contributed by atoms with E-state index in [4.69, 9.17) is 0 Å². The van der Waals surface area contributed by atoms with Gasteiger partial charge in [0, 0.05) is 10.9 Å². The van der Waals surface area contributed by atoms with Gasteiger partial charge in [0.2, 0.25) is 11.8 Å². The molecule has 2 N–H and O–H groups in total. The Morgan fingerprint density at radius 2 is 1.50 bits per heavy atom. The maximum Gasteiger partial charge on any atom is 0.234 e. The summed E-state index contributed by atoms with van der Waals surface area (Å²) in [6.45, 7) is 8.52. The fraction of sp³-hybridized carbons (Fsp3) is 0.455. The molecule has 1 heterocycles. The number of rotatable bonds is 9. The van der Waals surface area contributed by atoms with Crippen LogP contribution < -0.4 is 10.6 Å². The second kappa shape index (κ2) is 10.4. The number of carbonyl (C=O) groups is 2. The van der Waals surface area contributed by atoms with Gasteiger partial charge in [-0.2, -0.15) is 0 Å². The molecule has 0 radical (unpaired) electrons. The van der Waals surface area contributed by atoms with Crippen LogP contribution in [0.15, 0.2) is 41.8 Å². The molecule has 0 fully saturated rings. The summed E-state index contributed by atoms with van der Waals surface area (Å²) in [5, 5.41) is 7.98. The van der Waals surface area contributed by atoms with Crippen LogP contribution >= 0.6 is 11.3 Å². The van der Waals surface area contributed by atoms with E-state index in [-0.39, 0.29) is 37.0 Å². The van der Waals surface area contributed by atoms with Gasteiger partial charge >= 0.3 is 0 Å². The molecule has 0 saturated carbocycles. The third-order valence-corrected chi connectivity index (χ3v) is 5.28. The van der Waals surface area contributed by atoms with E-state index < -0.39 is 0 Å². The van der Waals surface area contributed by atoms with Crippen LogP contribution in [0.5, 0.6) is 0 Å². The maximum absolute atomic E-state index is 12.6. The monoisotopic (exact) mass is 401 g/mol. The van der Waals surface area contributed by atoms with Crippen molar-refractivity contribution in [1.29, 1.82) is 0 Å². The van der Waals surface area contributed by atoms with Gasteiger partial charge < -0.3 is 10.6 Å². The van der Waals surface area contributed by atoms with Crippen molar-refractivity contribution in [2.45, 2.75) is 45.7 Å². The molecule has 152 valence electrons. The molecule has 1 aromatic carbocycles. The normalized spacial score (nSPS) is 12.4. The molecule has 0 aliphatic heterocycles. The Morgan fingerprint density at radius 1 is 0.929 bits per heavy atom. The number of hydrogen-bond acceptors (Lipinski definition) is 4. The number of nitrogens with zero attached hydrogens (tertiary/aromatic N) is 1. The van der Waals surface area contributed by atoms with Gasteiger partial charge in [-0.1, -0.05) is 44.2 Å². The van der Waals surface area contributed by atoms with Crippen molar-refractivity contribution >= 4 is 23.2 Å². The number of nitrogens with one attached hydrogen (secondary N) is 2. The molecular weight excluding hydrogens is 370 g/mol. The van der Waals surface area contributed by atoms with Crippen LogP contribution in [0.4, 0.5) is 0 Å². The van der Waals surface area contributed by atoms with Crippen LogP contribution in [0.2, 0.25) is 0 Å². The summed E-state index contributed by atoms with van der Waals surface area (Å²) in [6.07, 6.45) is 0. The first-order valence-electron chi connectivity index (χ1n) is 9.66. The zero-order valence-corrected chi connectivity index (χ0v) is 18.2. The molecule has 6 heteroatoms. The van der Waals surface area contributed by atoms with Gasteiger partial charge in [0.05, 0.1) is 19.1 Å². The summed E-state index contributed by atoms with van der Waals surface area (Å²) in [6, 6.07) is 12.3. The summed E-state index contributed by atoms with van der Waals surface area (Å²) in [5.74, 6) is 0.282. The Kier molecular flexibility index (Phi) is 8.20. The van der Waals surface area contributed by atoms with Gasteiger partial charge in [0.1, 0.15) is 0 Å². The van der Waals surface area contributed by atoms with Crippen LogP contribution in [-0.2, 0) is 9.59 Å². The van der Waals surface area contributed by atoms with E-state index in [1.165, 1.54) is 5.56 Å². The van der Waals surface area contributed by atoms with Gasteiger partial charge in [-0.25, -0.2) is 0 Å². The molecule has 0 aliphatic rings. The lowest BCUT2D eigenvalue weighted by Gasteiger charge is -2.22. The SMILES string of the molecule is CC(C)NC(=O)CN(C)CC(=O)N[C@H](c1ccc(C(C)C)cc1)c1cccs1. The zero-order valence-electron chi connectivity index (χ0n) is 17.4. The van der Waals surface area contributed by atoms with Crippen LogP contribution in [0, 0.1) is 0 Å². The lowest BCUT2D eigenvalue weighted by atomic mass is 9.98. The number of amides is 2. The third kappa shape index (κ3) is 6.77.